The predicted molar refractivity (Wildman–Crippen MR) is 112 cm³/mol. The summed E-state index contributed by atoms with van der Waals surface area (Å²) >= 11 is 0. The Balaban J connectivity index is 0.00000612. The number of imide groups is 1. The van der Waals surface area contributed by atoms with Gasteiger partial charge in [0.1, 0.15) is 23.9 Å². The van der Waals surface area contributed by atoms with Crippen LogP contribution in [-0.4, -0.2) is 94.2 Å². The van der Waals surface area contributed by atoms with Crippen LogP contribution < -0.4 is 10.6 Å². The molecule has 2 fully saturated rings. The third-order valence-corrected chi connectivity index (χ3v) is 5.40. The van der Waals surface area contributed by atoms with Gasteiger partial charge in [0.05, 0.1) is 13.0 Å². The molecule has 2 heterocycles. The van der Waals surface area contributed by atoms with Crippen LogP contribution in [0.5, 0.6) is 0 Å². The van der Waals surface area contributed by atoms with Crippen LogP contribution in [-0.2, 0) is 71.0 Å². The van der Waals surface area contributed by atoms with Crippen molar-refractivity contribution in [3.8, 4) is 0 Å². The molecule has 14 nitrogen and oxygen atoms in total. The summed E-state index contributed by atoms with van der Waals surface area (Å²) in [7, 11) is 0. The van der Waals surface area contributed by atoms with Crippen LogP contribution in [0.2, 0.25) is 0 Å². The average Bonchev–Trinajstić information content (AvgIpc) is 3.06. The van der Waals surface area contributed by atoms with Crippen LogP contribution in [0.3, 0.4) is 0 Å². The molecule has 15 heteroatoms. The molecular weight excluding hydrogens is 545 g/mol. The number of amides is 4. The van der Waals surface area contributed by atoms with E-state index < -0.39 is 65.8 Å². The van der Waals surface area contributed by atoms with Gasteiger partial charge in [-0.1, -0.05) is 13.0 Å². The van der Waals surface area contributed by atoms with Crippen LogP contribution in [0, 0.1) is 0 Å². The monoisotopic (exact) mass is 576 g/mol. The molecule has 6 unspecified atom stereocenters. The SMILES string of the molecule is CC(=O)NC1C(OCCCC(=O)ON2C(=O)CCC2=O)OC(CNC(=O)C(C)[NH-])C(O)C1(C)O.[Y]. The maximum absolute atomic E-state index is 11.9. The Bertz CT molecular complexity index is 793. The van der Waals surface area contributed by atoms with E-state index in [9.17, 15) is 34.2 Å². The van der Waals surface area contributed by atoms with Gasteiger partial charge in [0.15, 0.2) is 6.29 Å². The number of rotatable bonds is 10. The minimum absolute atomic E-state index is 0. The Labute approximate surface area is 227 Å². The van der Waals surface area contributed by atoms with Gasteiger partial charge in [-0.3, -0.25) is 19.2 Å². The van der Waals surface area contributed by atoms with Crippen LogP contribution in [0.15, 0.2) is 0 Å². The number of aliphatic hydroxyl groups is 2. The quantitative estimate of drug-likeness (QED) is 0.171. The molecule has 0 saturated carbocycles. The Hall–Kier alpha value is -1.55. The Morgan fingerprint density at radius 2 is 1.89 bits per heavy atom. The number of aliphatic hydroxyl groups excluding tert-OH is 1. The van der Waals surface area contributed by atoms with Crippen LogP contribution in [0.1, 0.15) is 46.5 Å². The minimum atomic E-state index is -1.91. The van der Waals surface area contributed by atoms with Gasteiger partial charge in [0.25, 0.3) is 11.8 Å². The summed E-state index contributed by atoms with van der Waals surface area (Å²) in [5.74, 6) is -3.13. The first-order valence-corrected chi connectivity index (χ1v) is 10.8. The molecule has 2 rings (SSSR count). The van der Waals surface area contributed by atoms with Crippen molar-refractivity contribution >= 4 is 29.6 Å². The molecule has 0 aromatic heterocycles. The number of nitrogens with one attached hydrogen (secondary N) is 3. The number of hydrogen-bond acceptors (Lipinski definition) is 10. The molecule has 2 aliphatic rings. The molecule has 2 aliphatic heterocycles. The zero-order valence-corrected chi connectivity index (χ0v) is 22.7. The van der Waals surface area contributed by atoms with E-state index in [0.717, 1.165) is 0 Å². The number of hydrogen-bond donors (Lipinski definition) is 4. The fourth-order valence-corrected chi connectivity index (χ4v) is 3.47. The Morgan fingerprint density at radius 3 is 2.43 bits per heavy atom. The first kappa shape index (κ1) is 31.5. The topological polar surface area (TPSA) is 205 Å². The van der Waals surface area contributed by atoms with Crippen LogP contribution >= 0.6 is 0 Å². The second-order valence-corrected chi connectivity index (χ2v) is 8.38. The Morgan fingerprint density at radius 1 is 1.29 bits per heavy atom. The third-order valence-electron chi connectivity index (χ3n) is 5.40. The van der Waals surface area contributed by atoms with Gasteiger partial charge in [-0.2, -0.15) is 0 Å². The molecule has 0 aliphatic carbocycles. The van der Waals surface area contributed by atoms with Crippen molar-refractivity contribution in [1.29, 1.82) is 0 Å². The molecule has 35 heavy (non-hydrogen) atoms. The van der Waals surface area contributed by atoms with E-state index in [4.69, 9.17) is 20.0 Å². The first-order chi connectivity index (χ1) is 15.8. The molecule has 0 aromatic rings. The van der Waals surface area contributed by atoms with E-state index in [0.29, 0.717) is 5.06 Å². The molecular formula is C20H31N4O10Y-. The molecule has 6 atom stereocenters. The molecule has 195 valence electrons. The van der Waals surface area contributed by atoms with Gasteiger partial charge in [-0.05, 0) is 13.3 Å². The molecule has 0 aromatic carbocycles. The fraction of sp³-hybridized carbons (Fsp3) is 0.750. The number of ether oxygens (including phenoxy) is 2. The van der Waals surface area contributed by atoms with Gasteiger partial charge >= 0.3 is 5.97 Å². The van der Waals surface area contributed by atoms with E-state index in [1.165, 1.54) is 20.8 Å². The van der Waals surface area contributed by atoms with E-state index in [2.05, 4.69) is 10.6 Å². The molecule has 0 spiro atoms. The van der Waals surface area contributed by atoms with Gasteiger partial charge in [0.2, 0.25) is 11.8 Å². The smallest absolute Gasteiger partial charge is 0.333 e. The molecule has 5 N–H and O–H groups in total. The van der Waals surface area contributed by atoms with Gasteiger partial charge in [-0.25, -0.2) is 4.79 Å². The fourth-order valence-electron chi connectivity index (χ4n) is 3.47. The second-order valence-electron chi connectivity index (χ2n) is 8.38. The first-order valence-electron chi connectivity index (χ1n) is 10.8. The van der Waals surface area contributed by atoms with Gasteiger partial charge < -0.3 is 40.9 Å². The summed E-state index contributed by atoms with van der Waals surface area (Å²) in [5.41, 5.74) is 5.49. The summed E-state index contributed by atoms with van der Waals surface area (Å²) in [5, 5.41) is 26.8. The van der Waals surface area contributed by atoms with Crippen molar-refractivity contribution in [3.63, 3.8) is 0 Å². The maximum atomic E-state index is 11.9. The van der Waals surface area contributed by atoms with Crippen molar-refractivity contribution in [2.24, 2.45) is 0 Å². The predicted octanol–water partition coefficient (Wildman–Crippen LogP) is -1.71. The number of carbonyl (C=O) groups is 5. The number of hydroxylamine groups is 2. The largest absolute Gasteiger partial charge is 0.667 e. The average molecular weight is 576 g/mol. The van der Waals surface area contributed by atoms with Gasteiger partial charge in [0, 0.05) is 59.0 Å². The summed E-state index contributed by atoms with van der Waals surface area (Å²) in [4.78, 5) is 63.0. The summed E-state index contributed by atoms with van der Waals surface area (Å²) in [6.07, 6.45) is -4.05. The van der Waals surface area contributed by atoms with Crippen molar-refractivity contribution in [1.82, 2.24) is 15.7 Å². The van der Waals surface area contributed by atoms with Crippen LogP contribution in [0.25, 0.3) is 5.73 Å². The van der Waals surface area contributed by atoms with E-state index >= 15 is 0 Å². The van der Waals surface area contributed by atoms with E-state index in [1.54, 1.807) is 0 Å². The second kappa shape index (κ2) is 13.7. The summed E-state index contributed by atoms with van der Waals surface area (Å²) in [6.45, 7) is 3.52. The molecule has 4 amide bonds. The van der Waals surface area contributed by atoms with Crippen molar-refractivity contribution in [2.45, 2.75) is 82.6 Å². The molecule has 0 bridgehead atoms. The minimum Gasteiger partial charge on any atom is -0.667 e. The zero-order chi connectivity index (χ0) is 25.6. The van der Waals surface area contributed by atoms with Crippen LogP contribution in [0.4, 0.5) is 0 Å². The number of carbonyl (C=O) groups excluding carboxylic acids is 5. The molecule has 1 radical (unpaired) electrons. The van der Waals surface area contributed by atoms with E-state index in [1.807, 2.05) is 0 Å². The summed E-state index contributed by atoms with van der Waals surface area (Å²) < 4.78 is 11.3. The third kappa shape index (κ3) is 8.52. The van der Waals surface area contributed by atoms with Crippen molar-refractivity contribution in [2.75, 3.05) is 13.2 Å². The maximum Gasteiger partial charge on any atom is 0.333 e. The Kier molecular flexibility index (Phi) is 12.3. The van der Waals surface area contributed by atoms with Gasteiger partial charge in [-0.15, -0.1) is 5.06 Å². The van der Waals surface area contributed by atoms with Crippen molar-refractivity contribution in [3.05, 3.63) is 5.73 Å². The number of nitrogens with zero attached hydrogens (tertiary/aromatic N) is 1. The van der Waals surface area contributed by atoms with E-state index in [-0.39, 0.29) is 71.5 Å². The normalized spacial score (nSPS) is 29.3. The molecule has 2 saturated heterocycles. The summed E-state index contributed by atoms with van der Waals surface area (Å²) in [6, 6.07) is -2.24. The van der Waals surface area contributed by atoms with Crippen molar-refractivity contribution < 1.29 is 81.2 Å². The standard InChI is InChI=1S/C20H31N4O10.Y/c1-10(21)18(30)22-9-12-17(29)20(3,31)16(23-11(2)25)19(33-12)32-8-4-5-15(28)34-24-13(26)6-7-14(24)27;/h10,12,16-17,19,21,29,31H,4-9H2,1-3H3,(H,22,30)(H,23,25);/q-1;. The zero-order valence-electron chi connectivity index (χ0n) is 19.8.